The van der Waals surface area contributed by atoms with Gasteiger partial charge >= 0.3 is 6.55 Å². The highest BCUT2D eigenvalue weighted by Crippen LogP contribution is 2.20. The van der Waals surface area contributed by atoms with E-state index in [1.165, 1.54) is 17.7 Å². The summed E-state index contributed by atoms with van der Waals surface area (Å²) in [5.41, 5.74) is 0.598. The molecular formula is C9H9F2N3O. The number of hydrogen-bond acceptors (Lipinski definition) is 2. The summed E-state index contributed by atoms with van der Waals surface area (Å²) in [6.07, 6.45) is 2.49. The number of imidazole rings is 1. The standard InChI is InChI=1S/C9H9F2N3O/c1-5-7-6(3-13(2)8(5)15)12-4-14(7)9(10)11/h3-4,9H,1-2H3. The van der Waals surface area contributed by atoms with Gasteiger partial charge < -0.3 is 4.57 Å². The first-order chi connectivity index (χ1) is 7.02. The molecule has 2 heterocycles. The maximum absolute atomic E-state index is 12.6. The summed E-state index contributed by atoms with van der Waals surface area (Å²) >= 11 is 0. The highest BCUT2D eigenvalue weighted by Gasteiger charge is 2.15. The zero-order valence-corrected chi connectivity index (χ0v) is 8.24. The van der Waals surface area contributed by atoms with E-state index in [1.54, 1.807) is 7.05 Å². The summed E-state index contributed by atoms with van der Waals surface area (Å²) in [7, 11) is 1.57. The van der Waals surface area contributed by atoms with E-state index >= 15 is 0 Å². The van der Waals surface area contributed by atoms with Crippen LogP contribution in [0.3, 0.4) is 0 Å². The van der Waals surface area contributed by atoms with Crippen molar-refractivity contribution in [2.24, 2.45) is 7.05 Å². The third-order valence-corrected chi connectivity index (χ3v) is 2.34. The average Bonchev–Trinajstić information content (AvgIpc) is 2.58. The van der Waals surface area contributed by atoms with E-state index in [4.69, 9.17) is 0 Å². The highest BCUT2D eigenvalue weighted by atomic mass is 19.3. The van der Waals surface area contributed by atoms with E-state index < -0.39 is 6.55 Å². The zero-order valence-electron chi connectivity index (χ0n) is 8.24. The van der Waals surface area contributed by atoms with Crippen LogP contribution in [0, 0.1) is 6.92 Å². The number of aromatic nitrogens is 3. The van der Waals surface area contributed by atoms with Gasteiger partial charge in [0.1, 0.15) is 11.8 Å². The molecule has 0 radical (unpaired) electrons. The van der Waals surface area contributed by atoms with Gasteiger partial charge in [0, 0.05) is 18.8 Å². The number of aryl methyl sites for hydroxylation is 2. The molecule has 0 fully saturated rings. The second-order valence-corrected chi connectivity index (χ2v) is 3.33. The van der Waals surface area contributed by atoms with Crippen molar-refractivity contribution in [1.82, 2.24) is 14.1 Å². The number of hydrogen-bond donors (Lipinski definition) is 0. The molecule has 0 aliphatic carbocycles. The lowest BCUT2D eigenvalue weighted by Crippen LogP contribution is -2.19. The van der Waals surface area contributed by atoms with Crippen LogP contribution in [0.1, 0.15) is 12.1 Å². The summed E-state index contributed by atoms with van der Waals surface area (Å²) in [5.74, 6) is 0. The van der Waals surface area contributed by atoms with Crippen LogP contribution in [0.25, 0.3) is 11.0 Å². The Balaban J connectivity index is 2.92. The van der Waals surface area contributed by atoms with Crippen LogP contribution in [-0.4, -0.2) is 14.1 Å². The fourth-order valence-corrected chi connectivity index (χ4v) is 1.61. The summed E-state index contributed by atoms with van der Waals surface area (Å²) in [6, 6.07) is 0. The molecule has 0 aliphatic heterocycles. The second-order valence-electron chi connectivity index (χ2n) is 3.33. The number of rotatable bonds is 1. The first-order valence-electron chi connectivity index (χ1n) is 4.33. The molecule has 6 heteroatoms. The average molecular weight is 213 g/mol. The Morgan fingerprint density at radius 3 is 2.73 bits per heavy atom. The smallest absolute Gasteiger partial charge is 0.316 e. The van der Waals surface area contributed by atoms with E-state index in [2.05, 4.69) is 4.98 Å². The van der Waals surface area contributed by atoms with Crippen LogP contribution in [0.4, 0.5) is 8.78 Å². The van der Waals surface area contributed by atoms with Gasteiger partial charge in [-0.2, -0.15) is 8.78 Å². The van der Waals surface area contributed by atoms with Crippen molar-refractivity contribution in [3.05, 3.63) is 28.4 Å². The van der Waals surface area contributed by atoms with Crippen LogP contribution in [0.5, 0.6) is 0 Å². The zero-order chi connectivity index (χ0) is 11.2. The quantitative estimate of drug-likeness (QED) is 0.719. The Hall–Kier alpha value is -1.72. The molecule has 0 amide bonds. The summed E-state index contributed by atoms with van der Waals surface area (Å²) in [6.45, 7) is -1.16. The van der Waals surface area contributed by atoms with E-state index in [-0.39, 0.29) is 16.6 Å². The number of halogens is 2. The van der Waals surface area contributed by atoms with Gasteiger partial charge in [0.2, 0.25) is 0 Å². The predicted molar refractivity (Wildman–Crippen MR) is 51.0 cm³/mol. The minimum atomic E-state index is -2.68. The summed E-state index contributed by atoms with van der Waals surface area (Å²) in [5, 5.41) is 0. The van der Waals surface area contributed by atoms with E-state index in [0.717, 1.165) is 6.33 Å². The number of pyridine rings is 1. The molecule has 0 bridgehead atoms. The molecule has 0 saturated heterocycles. The molecule has 80 valence electrons. The maximum atomic E-state index is 12.6. The lowest BCUT2D eigenvalue weighted by Gasteiger charge is -2.05. The third kappa shape index (κ3) is 1.33. The maximum Gasteiger partial charge on any atom is 0.320 e. The van der Waals surface area contributed by atoms with Crippen molar-refractivity contribution < 1.29 is 8.78 Å². The molecular weight excluding hydrogens is 204 g/mol. The number of fused-ring (bicyclic) bond motifs is 1. The fourth-order valence-electron chi connectivity index (χ4n) is 1.61. The Morgan fingerprint density at radius 2 is 2.13 bits per heavy atom. The minimum absolute atomic E-state index is 0.202. The van der Waals surface area contributed by atoms with Crippen LogP contribution in [0.15, 0.2) is 17.3 Å². The van der Waals surface area contributed by atoms with Gasteiger partial charge in [-0.1, -0.05) is 0 Å². The SMILES string of the molecule is Cc1c(=O)n(C)cc2ncn(C(F)F)c12. The van der Waals surface area contributed by atoms with Crippen molar-refractivity contribution >= 4 is 11.0 Å². The van der Waals surface area contributed by atoms with Crippen LogP contribution >= 0.6 is 0 Å². The van der Waals surface area contributed by atoms with E-state index in [0.29, 0.717) is 10.1 Å². The highest BCUT2D eigenvalue weighted by molar-refractivity contribution is 5.77. The Bertz CT molecular complexity index is 570. The molecule has 0 aromatic carbocycles. The molecule has 0 spiro atoms. The van der Waals surface area contributed by atoms with Gasteiger partial charge in [0.05, 0.1) is 5.52 Å². The van der Waals surface area contributed by atoms with Crippen molar-refractivity contribution in [3.63, 3.8) is 0 Å². The van der Waals surface area contributed by atoms with Crippen molar-refractivity contribution in [1.29, 1.82) is 0 Å². The van der Waals surface area contributed by atoms with E-state index in [1.807, 2.05) is 0 Å². The first kappa shape index (κ1) is 9.82. The molecule has 0 unspecified atom stereocenters. The normalized spacial score (nSPS) is 11.5. The summed E-state index contributed by atoms with van der Waals surface area (Å²) < 4.78 is 27.1. The second kappa shape index (κ2) is 3.15. The Morgan fingerprint density at radius 1 is 1.47 bits per heavy atom. The van der Waals surface area contributed by atoms with Gasteiger partial charge in [0.25, 0.3) is 5.56 Å². The molecule has 0 N–H and O–H groups in total. The fraction of sp³-hybridized carbons (Fsp3) is 0.333. The largest absolute Gasteiger partial charge is 0.320 e. The molecule has 2 aromatic rings. The van der Waals surface area contributed by atoms with E-state index in [9.17, 15) is 13.6 Å². The third-order valence-electron chi connectivity index (χ3n) is 2.34. The van der Waals surface area contributed by atoms with Crippen molar-refractivity contribution in [3.8, 4) is 0 Å². The molecule has 4 nitrogen and oxygen atoms in total. The first-order valence-corrected chi connectivity index (χ1v) is 4.33. The van der Waals surface area contributed by atoms with Crippen LogP contribution in [-0.2, 0) is 7.05 Å². The van der Waals surface area contributed by atoms with Gasteiger partial charge in [-0.25, -0.2) is 4.98 Å². The monoisotopic (exact) mass is 213 g/mol. The van der Waals surface area contributed by atoms with Gasteiger partial charge in [-0.15, -0.1) is 0 Å². The Kier molecular flexibility index (Phi) is 2.06. The number of alkyl halides is 2. The number of nitrogens with zero attached hydrogens (tertiary/aromatic N) is 3. The molecule has 2 aromatic heterocycles. The minimum Gasteiger partial charge on any atom is -0.316 e. The van der Waals surface area contributed by atoms with Gasteiger partial charge in [-0.3, -0.25) is 9.36 Å². The molecule has 0 saturated carbocycles. The molecule has 0 atom stereocenters. The van der Waals surface area contributed by atoms with Crippen LogP contribution < -0.4 is 5.56 Å². The van der Waals surface area contributed by atoms with Gasteiger partial charge in [0.15, 0.2) is 0 Å². The molecule has 0 aliphatic rings. The topological polar surface area (TPSA) is 39.8 Å². The van der Waals surface area contributed by atoms with Crippen molar-refractivity contribution in [2.75, 3.05) is 0 Å². The predicted octanol–water partition coefficient (Wildman–Crippen LogP) is 1.44. The summed E-state index contributed by atoms with van der Waals surface area (Å²) in [4.78, 5) is 15.4. The van der Waals surface area contributed by atoms with Crippen LogP contribution in [0.2, 0.25) is 0 Å². The molecule has 15 heavy (non-hydrogen) atoms. The Labute approximate surface area is 83.8 Å². The molecule has 2 rings (SSSR count). The van der Waals surface area contributed by atoms with Crippen molar-refractivity contribution in [2.45, 2.75) is 13.5 Å². The lowest BCUT2D eigenvalue weighted by molar-refractivity contribution is 0.0744. The van der Waals surface area contributed by atoms with Gasteiger partial charge in [-0.05, 0) is 6.92 Å². The lowest BCUT2D eigenvalue weighted by atomic mass is 10.2.